The molecule has 3 heteroatoms. The largest absolute Gasteiger partial charge is 0.345 e. The Morgan fingerprint density at radius 3 is 2.28 bits per heavy atom. The van der Waals surface area contributed by atoms with Crippen molar-refractivity contribution in [2.75, 3.05) is 5.88 Å². The Kier molecular flexibility index (Phi) is 5.67. The van der Waals surface area contributed by atoms with Crippen molar-refractivity contribution < 1.29 is 4.79 Å². The third kappa shape index (κ3) is 3.49. The van der Waals surface area contributed by atoms with E-state index in [2.05, 4.69) is 5.32 Å². The minimum absolute atomic E-state index is 0.0660. The summed E-state index contributed by atoms with van der Waals surface area (Å²) in [4.78, 5) is 12.2. The van der Waals surface area contributed by atoms with E-state index in [4.69, 9.17) is 11.6 Å². The molecule has 0 saturated carbocycles. The highest BCUT2D eigenvalue weighted by molar-refractivity contribution is 6.18. The predicted octanol–water partition coefficient (Wildman–Crippen LogP) is 3.69. The molecule has 1 aromatic carbocycles. The second-order valence-corrected chi connectivity index (χ2v) is 5.10. The average molecular weight is 268 g/mol. The highest BCUT2D eigenvalue weighted by Crippen LogP contribution is 2.23. The lowest BCUT2D eigenvalue weighted by molar-refractivity contribution is -0.126. The summed E-state index contributed by atoms with van der Waals surface area (Å²) < 4.78 is 0. The lowest BCUT2D eigenvalue weighted by atomic mass is 9.92. The fraction of sp³-hybridized carbons (Fsp3) is 0.533. The minimum atomic E-state index is -0.498. The Labute approximate surface area is 115 Å². The fourth-order valence-electron chi connectivity index (χ4n) is 2.02. The Morgan fingerprint density at radius 1 is 1.28 bits per heavy atom. The Bertz CT molecular complexity index is 375. The van der Waals surface area contributed by atoms with Crippen molar-refractivity contribution in [1.82, 2.24) is 5.32 Å². The van der Waals surface area contributed by atoms with Gasteiger partial charge in [0.05, 0.1) is 5.54 Å². The van der Waals surface area contributed by atoms with Crippen LogP contribution in [-0.4, -0.2) is 11.8 Å². The van der Waals surface area contributed by atoms with Gasteiger partial charge < -0.3 is 5.32 Å². The van der Waals surface area contributed by atoms with Gasteiger partial charge in [0.1, 0.15) is 0 Å². The number of carbonyl (C=O) groups is 1. The molecule has 0 aliphatic carbocycles. The number of halogens is 1. The first kappa shape index (κ1) is 15.0. The molecule has 0 radical (unpaired) electrons. The molecule has 1 unspecified atom stereocenters. The third-order valence-electron chi connectivity index (χ3n) is 3.43. The van der Waals surface area contributed by atoms with Gasteiger partial charge in [0.25, 0.3) is 0 Å². The summed E-state index contributed by atoms with van der Waals surface area (Å²) in [5, 5.41) is 3.09. The smallest absolute Gasteiger partial charge is 0.223 e. The monoisotopic (exact) mass is 267 g/mol. The number of carbonyl (C=O) groups excluding carboxylic acids is 1. The van der Waals surface area contributed by atoms with Crippen LogP contribution in [0.2, 0.25) is 0 Å². The summed E-state index contributed by atoms with van der Waals surface area (Å²) in [5.41, 5.74) is 0.543. The molecular weight excluding hydrogens is 246 g/mol. The molecule has 0 aliphatic rings. The van der Waals surface area contributed by atoms with Gasteiger partial charge in [-0.25, -0.2) is 0 Å². The van der Waals surface area contributed by atoms with Gasteiger partial charge in [-0.2, -0.15) is 0 Å². The summed E-state index contributed by atoms with van der Waals surface area (Å²) >= 11 is 6.06. The summed E-state index contributed by atoms with van der Waals surface area (Å²) in [5.74, 6) is 0.520. The van der Waals surface area contributed by atoms with Crippen molar-refractivity contribution in [3.8, 4) is 0 Å². The lowest BCUT2D eigenvalue weighted by Gasteiger charge is -2.31. The van der Waals surface area contributed by atoms with Gasteiger partial charge in [-0.3, -0.25) is 4.79 Å². The van der Waals surface area contributed by atoms with Crippen molar-refractivity contribution in [1.29, 1.82) is 0 Å². The third-order valence-corrected chi connectivity index (χ3v) is 3.97. The zero-order valence-corrected chi connectivity index (χ0v) is 12.1. The van der Waals surface area contributed by atoms with Crippen LogP contribution in [0, 0.1) is 5.92 Å². The van der Waals surface area contributed by atoms with Crippen LogP contribution in [0.25, 0.3) is 0 Å². The molecule has 18 heavy (non-hydrogen) atoms. The van der Waals surface area contributed by atoms with Crippen molar-refractivity contribution in [2.45, 2.75) is 39.2 Å². The molecule has 1 N–H and O–H groups in total. The van der Waals surface area contributed by atoms with Crippen molar-refractivity contribution >= 4 is 17.5 Å². The molecule has 0 saturated heterocycles. The highest BCUT2D eigenvalue weighted by Gasteiger charge is 2.29. The number of hydrogen-bond acceptors (Lipinski definition) is 1. The number of alkyl halides is 1. The zero-order chi connectivity index (χ0) is 13.6. The topological polar surface area (TPSA) is 29.1 Å². The standard InChI is InChI=1S/C15H22ClNO/c1-4-12(5-2)14(18)17-15(3,11-16)13-9-7-6-8-10-13/h6-10,12H,4-5,11H2,1-3H3,(H,17,18). The molecule has 1 rings (SSSR count). The Morgan fingerprint density at radius 2 is 1.83 bits per heavy atom. The molecule has 0 aromatic heterocycles. The molecule has 1 aromatic rings. The minimum Gasteiger partial charge on any atom is -0.345 e. The molecule has 2 nitrogen and oxygen atoms in total. The Balaban J connectivity index is 2.87. The molecular formula is C15H22ClNO. The van der Waals surface area contributed by atoms with E-state index in [-0.39, 0.29) is 11.8 Å². The van der Waals surface area contributed by atoms with E-state index >= 15 is 0 Å². The quantitative estimate of drug-likeness (QED) is 0.783. The van der Waals surface area contributed by atoms with Gasteiger partial charge in [-0.05, 0) is 25.3 Å². The zero-order valence-electron chi connectivity index (χ0n) is 11.4. The normalized spacial score (nSPS) is 14.3. The average Bonchev–Trinajstić information content (AvgIpc) is 2.41. The highest BCUT2D eigenvalue weighted by atomic mass is 35.5. The van der Waals surface area contributed by atoms with Crippen LogP contribution in [-0.2, 0) is 10.3 Å². The van der Waals surface area contributed by atoms with E-state index in [1.807, 2.05) is 51.1 Å². The number of amides is 1. The van der Waals surface area contributed by atoms with Gasteiger partial charge in [0.15, 0.2) is 0 Å². The molecule has 0 fully saturated rings. The number of hydrogen-bond donors (Lipinski definition) is 1. The summed E-state index contributed by atoms with van der Waals surface area (Å²) in [6.45, 7) is 6.04. The molecule has 0 spiro atoms. The first-order valence-electron chi connectivity index (χ1n) is 6.51. The van der Waals surface area contributed by atoms with Crippen LogP contribution >= 0.6 is 11.6 Å². The maximum atomic E-state index is 12.2. The van der Waals surface area contributed by atoms with E-state index in [9.17, 15) is 4.79 Å². The molecule has 0 bridgehead atoms. The van der Waals surface area contributed by atoms with Gasteiger partial charge in [0.2, 0.25) is 5.91 Å². The van der Waals surface area contributed by atoms with Crippen LogP contribution in [0.5, 0.6) is 0 Å². The van der Waals surface area contributed by atoms with Crippen molar-refractivity contribution in [2.24, 2.45) is 5.92 Å². The molecule has 100 valence electrons. The van der Waals surface area contributed by atoms with Gasteiger partial charge in [-0.1, -0.05) is 44.2 Å². The van der Waals surface area contributed by atoms with E-state index in [0.717, 1.165) is 18.4 Å². The van der Waals surface area contributed by atoms with Crippen LogP contribution in [0.4, 0.5) is 0 Å². The predicted molar refractivity (Wildman–Crippen MR) is 76.7 cm³/mol. The van der Waals surface area contributed by atoms with Crippen LogP contribution in [0.3, 0.4) is 0 Å². The second-order valence-electron chi connectivity index (χ2n) is 4.83. The summed E-state index contributed by atoms with van der Waals surface area (Å²) in [6, 6.07) is 9.87. The van der Waals surface area contributed by atoms with Crippen LogP contribution < -0.4 is 5.32 Å². The van der Waals surface area contributed by atoms with Crippen LogP contribution in [0.1, 0.15) is 39.2 Å². The molecule has 0 heterocycles. The van der Waals surface area contributed by atoms with E-state index in [1.54, 1.807) is 0 Å². The summed E-state index contributed by atoms with van der Waals surface area (Å²) in [6.07, 6.45) is 1.71. The maximum Gasteiger partial charge on any atom is 0.223 e. The van der Waals surface area contributed by atoms with E-state index < -0.39 is 5.54 Å². The van der Waals surface area contributed by atoms with Gasteiger partial charge in [-0.15, -0.1) is 11.6 Å². The van der Waals surface area contributed by atoms with Crippen molar-refractivity contribution in [3.63, 3.8) is 0 Å². The van der Waals surface area contributed by atoms with Crippen LogP contribution in [0.15, 0.2) is 30.3 Å². The number of nitrogens with one attached hydrogen (secondary N) is 1. The van der Waals surface area contributed by atoms with Gasteiger partial charge >= 0.3 is 0 Å². The maximum absolute atomic E-state index is 12.2. The number of rotatable bonds is 6. The first-order chi connectivity index (χ1) is 8.57. The molecule has 1 atom stereocenters. The lowest BCUT2D eigenvalue weighted by Crippen LogP contribution is -2.47. The molecule has 1 amide bonds. The second kappa shape index (κ2) is 6.79. The first-order valence-corrected chi connectivity index (χ1v) is 7.04. The fourth-order valence-corrected chi connectivity index (χ4v) is 2.24. The summed E-state index contributed by atoms with van der Waals surface area (Å²) in [7, 11) is 0. The van der Waals surface area contributed by atoms with Crippen molar-refractivity contribution in [3.05, 3.63) is 35.9 Å². The van der Waals surface area contributed by atoms with E-state index in [0.29, 0.717) is 5.88 Å². The Hall–Kier alpha value is -1.02. The number of benzene rings is 1. The van der Waals surface area contributed by atoms with E-state index in [1.165, 1.54) is 0 Å². The molecule has 0 aliphatic heterocycles. The SMILES string of the molecule is CCC(CC)C(=O)NC(C)(CCl)c1ccccc1. The van der Waals surface area contributed by atoms with Gasteiger partial charge in [0, 0.05) is 11.8 Å².